The van der Waals surface area contributed by atoms with E-state index in [0.717, 1.165) is 32.1 Å². The summed E-state index contributed by atoms with van der Waals surface area (Å²) in [5.41, 5.74) is -2.17. The van der Waals surface area contributed by atoms with Crippen LogP contribution in [0.25, 0.3) is 0 Å². The zero-order valence-corrected chi connectivity index (χ0v) is 40.9. The molecule has 25 heteroatoms. The molecule has 0 spiro atoms. The van der Waals surface area contributed by atoms with Crippen LogP contribution < -0.4 is 15.4 Å². The number of nitrogens with zero attached hydrogens (tertiary/aromatic N) is 3. The van der Waals surface area contributed by atoms with Crippen LogP contribution in [-0.2, 0) is 59.3 Å². The molecule has 2 fully saturated rings. The number of amides is 1. The zero-order valence-electron chi connectivity index (χ0n) is 39.3. The zero-order chi connectivity index (χ0) is 50.9. The monoisotopic (exact) mass is 1030 g/mol. The molecule has 2 atom stereocenters. The Morgan fingerprint density at radius 3 is 1.91 bits per heavy atom. The maximum absolute atomic E-state index is 15.6. The van der Waals surface area contributed by atoms with E-state index in [2.05, 4.69) is 10.6 Å². The van der Waals surface area contributed by atoms with Crippen LogP contribution in [0.2, 0.25) is 0 Å². The van der Waals surface area contributed by atoms with Crippen molar-refractivity contribution < 1.29 is 78.8 Å². The minimum Gasteiger partial charge on any atom is -0.480 e. The third-order valence-electron chi connectivity index (χ3n) is 11.8. The molecule has 1 aliphatic carbocycles. The van der Waals surface area contributed by atoms with E-state index >= 15 is 8.78 Å². The second-order valence-electron chi connectivity index (χ2n) is 17.3. The molecule has 3 rings (SSSR count). The number of rotatable bonds is 31. The summed E-state index contributed by atoms with van der Waals surface area (Å²) in [7, 11) is -4.79. The molecule has 1 saturated heterocycles. The Kier molecular flexibility index (Phi) is 26.8. The van der Waals surface area contributed by atoms with Gasteiger partial charge in [-0.3, -0.25) is 52.7 Å². The SMILES string of the molecule is CC(=O)CN1CCN(CC(=O)O)CCN(C(CCC(=O)NCCCC(=O)CCOCCOCCCC(=O)CCS(=O)(=O)c2c(F)c(F)c(NS(=O)O)c(F)c2NC2CCCCCCC2)C(=O)O)CC1. The smallest absolute Gasteiger partial charge is 0.320 e. The molecule has 1 aromatic rings. The van der Waals surface area contributed by atoms with Gasteiger partial charge in [-0.25, -0.2) is 25.8 Å². The number of benzene rings is 1. The van der Waals surface area contributed by atoms with Crippen molar-refractivity contribution in [3.8, 4) is 0 Å². The van der Waals surface area contributed by atoms with E-state index in [1.807, 2.05) is 4.90 Å². The van der Waals surface area contributed by atoms with Crippen molar-refractivity contribution in [3.63, 3.8) is 0 Å². The van der Waals surface area contributed by atoms with E-state index in [1.54, 1.807) is 14.5 Å². The standard InChI is InChI=1S/C44H69F3N6O14S2/c1-31(54)29-51-18-19-52(30-37(58)59)21-23-53(22-20-51)35(44(60)61)13-14-36(57)48-17-7-11-33(55)15-25-67-27-26-66-24-8-12-34(56)16-28-69(64,65)43-39(46)38(45)41(50-68(62)63)40(47)42(43)49-32-9-5-3-2-4-6-10-32/h32,35,49-50H,2-30H2,1H3,(H,48,57)(H,58,59)(H,60,61)(H,62,63). The van der Waals surface area contributed by atoms with Gasteiger partial charge in [0.2, 0.25) is 5.91 Å². The first kappa shape index (κ1) is 59.2. The summed E-state index contributed by atoms with van der Waals surface area (Å²) < 4.78 is 106. The lowest BCUT2D eigenvalue weighted by atomic mass is 9.96. The number of carbonyl (C=O) groups is 6. The highest BCUT2D eigenvalue weighted by Crippen LogP contribution is 2.38. The normalized spacial score (nSPS) is 17.1. The molecule has 1 saturated carbocycles. The Labute approximate surface area is 404 Å². The Balaban J connectivity index is 1.32. The summed E-state index contributed by atoms with van der Waals surface area (Å²) in [6, 6.07) is -1.49. The number of carbonyl (C=O) groups excluding carboxylic acids is 4. The topological polar surface area (TPSA) is 279 Å². The molecule has 392 valence electrons. The number of carboxylic acids is 2. The lowest BCUT2D eigenvalue weighted by Gasteiger charge is -2.30. The molecular weight excluding hydrogens is 958 g/mol. The number of ether oxygens (including phenoxy) is 2. The molecule has 1 amide bonds. The summed E-state index contributed by atoms with van der Waals surface area (Å²) >= 11 is -3.00. The number of aliphatic carboxylic acids is 2. The summed E-state index contributed by atoms with van der Waals surface area (Å²) in [4.78, 5) is 76.9. The molecule has 1 aromatic carbocycles. The average Bonchev–Trinajstić information content (AvgIpc) is 3.35. The number of carboxylic acid groups (broad SMARTS) is 2. The van der Waals surface area contributed by atoms with Gasteiger partial charge < -0.3 is 30.3 Å². The predicted octanol–water partition coefficient (Wildman–Crippen LogP) is 3.41. The molecule has 1 heterocycles. The van der Waals surface area contributed by atoms with Crippen LogP contribution in [0.4, 0.5) is 24.5 Å². The highest BCUT2D eigenvalue weighted by Gasteiger charge is 2.35. The second-order valence-corrected chi connectivity index (χ2v) is 20.1. The van der Waals surface area contributed by atoms with Crippen LogP contribution in [0.3, 0.4) is 0 Å². The van der Waals surface area contributed by atoms with Crippen LogP contribution in [0.15, 0.2) is 4.90 Å². The van der Waals surface area contributed by atoms with Crippen LogP contribution >= 0.6 is 0 Å². The number of anilines is 2. The number of halogens is 3. The Morgan fingerprint density at radius 2 is 1.30 bits per heavy atom. The van der Waals surface area contributed by atoms with Gasteiger partial charge in [0.05, 0.1) is 44.4 Å². The lowest BCUT2D eigenvalue weighted by molar-refractivity contribution is -0.144. The highest BCUT2D eigenvalue weighted by molar-refractivity contribution is 7.91. The van der Waals surface area contributed by atoms with E-state index in [9.17, 15) is 60.6 Å². The summed E-state index contributed by atoms with van der Waals surface area (Å²) in [5.74, 6) is -9.66. The van der Waals surface area contributed by atoms with Gasteiger partial charge in [-0.1, -0.05) is 32.1 Å². The number of nitrogens with one attached hydrogen (secondary N) is 3. The fraction of sp³-hybridized carbons (Fsp3) is 0.727. The molecular formula is C44H69F3N6O14S2. The average molecular weight is 1030 g/mol. The molecule has 0 aromatic heterocycles. The first-order valence-corrected chi connectivity index (χ1v) is 26.2. The van der Waals surface area contributed by atoms with Crippen LogP contribution in [0.5, 0.6) is 0 Å². The third kappa shape index (κ3) is 22.2. The van der Waals surface area contributed by atoms with Crippen LogP contribution in [-0.4, -0.2) is 180 Å². The molecule has 2 aliphatic rings. The molecule has 20 nitrogen and oxygen atoms in total. The van der Waals surface area contributed by atoms with Gasteiger partial charge >= 0.3 is 11.9 Å². The van der Waals surface area contributed by atoms with Crippen molar-refractivity contribution in [3.05, 3.63) is 17.5 Å². The number of sulfone groups is 1. The molecule has 0 bridgehead atoms. The van der Waals surface area contributed by atoms with Crippen molar-refractivity contribution in [1.82, 2.24) is 20.0 Å². The maximum atomic E-state index is 15.6. The highest BCUT2D eigenvalue weighted by atomic mass is 32.2. The first-order chi connectivity index (χ1) is 32.8. The predicted molar refractivity (Wildman–Crippen MR) is 248 cm³/mol. The maximum Gasteiger partial charge on any atom is 0.320 e. The number of hydrogen-bond donors (Lipinski definition) is 6. The second kappa shape index (κ2) is 31.3. The number of ketones is 3. The third-order valence-corrected chi connectivity index (χ3v) is 13.9. The molecule has 0 radical (unpaired) electrons. The fourth-order valence-corrected chi connectivity index (χ4v) is 10.0. The first-order valence-electron chi connectivity index (χ1n) is 23.4. The van der Waals surface area contributed by atoms with Gasteiger partial charge in [0.1, 0.15) is 34.0 Å². The number of Topliss-reactive ketones (excluding diaryl/α,β-unsaturated/α-hetero) is 3. The van der Waals surface area contributed by atoms with E-state index in [4.69, 9.17) is 9.47 Å². The van der Waals surface area contributed by atoms with Crippen molar-refractivity contribution in [1.29, 1.82) is 0 Å². The minimum absolute atomic E-state index is 0.00369. The van der Waals surface area contributed by atoms with Crippen molar-refractivity contribution in [2.75, 3.05) is 101 Å². The van der Waals surface area contributed by atoms with Crippen molar-refractivity contribution >= 4 is 67.7 Å². The summed E-state index contributed by atoms with van der Waals surface area (Å²) in [6.45, 7) is 4.19. The Hall–Kier alpha value is -4.11. The van der Waals surface area contributed by atoms with Gasteiger partial charge in [0.25, 0.3) is 11.3 Å². The molecule has 69 heavy (non-hydrogen) atoms. The lowest BCUT2D eigenvalue weighted by Crippen LogP contribution is -2.47. The van der Waals surface area contributed by atoms with E-state index in [0.29, 0.717) is 52.0 Å². The summed E-state index contributed by atoms with van der Waals surface area (Å²) in [6.07, 6.45) is 5.31. The minimum atomic E-state index is -4.79. The van der Waals surface area contributed by atoms with E-state index < -0.39 is 96.8 Å². The molecule has 2 unspecified atom stereocenters. The van der Waals surface area contributed by atoms with Gasteiger partial charge in [-0.05, 0) is 39.0 Å². The fourth-order valence-electron chi connectivity index (χ4n) is 8.15. The largest absolute Gasteiger partial charge is 0.480 e. The molecule has 6 N–H and O–H groups in total. The Bertz CT molecular complexity index is 1980. The van der Waals surface area contributed by atoms with E-state index in [-0.39, 0.29) is 109 Å². The van der Waals surface area contributed by atoms with Crippen LogP contribution in [0, 0.1) is 17.5 Å². The van der Waals surface area contributed by atoms with Gasteiger partial charge in [-0.15, -0.1) is 0 Å². The van der Waals surface area contributed by atoms with Gasteiger partial charge in [0.15, 0.2) is 27.3 Å². The quantitative estimate of drug-likeness (QED) is 0.0353. The van der Waals surface area contributed by atoms with Gasteiger partial charge in [0, 0.05) is 90.6 Å². The summed E-state index contributed by atoms with van der Waals surface area (Å²) in [5, 5.41) is 24.8. The van der Waals surface area contributed by atoms with E-state index in [1.165, 1.54) is 6.92 Å². The number of hydrogen-bond acceptors (Lipinski definition) is 15. The van der Waals surface area contributed by atoms with Crippen molar-refractivity contribution in [2.24, 2.45) is 0 Å². The van der Waals surface area contributed by atoms with Crippen LogP contribution in [0.1, 0.15) is 103 Å². The van der Waals surface area contributed by atoms with Gasteiger partial charge in [-0.2, -0.15) is 0 Å². The van der Waals surface area contributed by atoms with Crippen molar-refractivity contribution in [2.45, 2.75) is 120 Å². The Morgan fingerprint density at radius 1 is 0.725 bits per heavy atom. The molecule has 1 aliphatic heterocycles.